The summed E-state index contributed by atoms with van der Waals surface area (Å²) in [5, 5.41) is 0. The lowest BCUT2D eigenvalue weighted by Crippen LogP contribution is -2.00. The van der Waals surface area contributed by atoms with Crippen molar-refractivity contribution >= 4 is 32.4 Å². The van der Waals surface area contributed by atoms with Crippen molar-refractivity contribution in [3.8, 4) is 0 Å². The molecule has 0 aliphatic heterocycles. The van der Waals surface area contributed by atoms with Gasteiger partial charge < -0.3 is 5.73 Å². The molecule has 0 saturated carbocycles. The normalized spacial score (nSPS) is 12.4. The van der Waals surface area contributed by atoms with Gasteiger partial charge in [-0.3, -0.25) is 4.21 Å². The van der Waals surface area contributed by atoms with E-state index in [9.17, 15) is 8.60 Å². The van der Waals surface area contributed by atoms with Gasteiger partial charge in [0.1, 0.15) is 5.82 Å². The molecule has 2 rings (SSSR count). The highest BCUT2D eigenvalue weighted by atomic mass is 79.9. The van der Waals surface area contributed by atoms with Gasteiger partial charge in [0.15, 0.2) is 0 Å². The van der Waals surface area contributed by atoms with E-state index in [1.54, 1.807) is 24.3 Å². The Kier molecular flexibility index (Phi) is 4.37. The Labute approximate surface area is 122 Å². The molecule has 2 aromatic rings. The van der Waals surface area contributed by atoms with Crippen molar-refractivity contribution in [2.75, 3.05) is 5.73 Å². The highest BCUT2D eigenvalue weighted by molar-refractivity contribution is 9.10. The van der Waals surface area contributed by atoms with Crippen molar-refractivity contribution in [3.05, 3.63) is 57.8 Å². The smallest absolute Gasteiger partial charge is 0.123 e. The third-order valence-electron chi connectivity index (χ3n) is 2.79. The minimum absolute atomic E-state index is 0.277. The van der Waals surface area contributed by atoms with Crippen molar-refractivity contribution in [1.29, 1.82) is 0 Å². The Balaban J connectivity index is 2.25. The van der Waals surface area contributed by atoms with Gasteiger partial charge in [0.2, 0.25) is 0 Å². The second-order valence-corrected chi connectivity index (χ2v) is 6.52. The van der Waals surface area contributed by atoms with Crippen LogP contribution in [0.1, 0.15) is 11.1 Å². The standard InChI is InChI=1S/C14H13BrFNOS/c1-9-6-11(16)3-2-10(9)8-19(18)14-5-4-12(17)7-13(14)15/h2-7H,8,17H2,1H3. The van der Waals surface area contributed by atoms with Crippen molar-refractivity contribution in [2.24, 2.45) is 0 Å². The lowest BCUT2D eigenvalue weighted by atomic mass is 10.1. The molecule has 0 aliphatic rings. The molecule has 1 atom stereocenters. The fraction of sp³-hybridized carbons (Fsp3) is 0.143. The van der Waals surface area contributed by atoms with Gasteiger partial charge in [0, 0.05) is 10.2 Å². The van der Waals surface area contributed by atoms with E-state index in [-0.39, 0.29) is 5.82 Å². The summed E-state index contributed by atoms with van der Waals surface area (Å²) in [6.45, 7) is 1.81. The molecule has 0 heterocycles. The maximum Gasteiger partial charge on any atom is 0.123 e. The Morgan fingerprint density at radius 1 is 1.26 bits per heavy atom. The van der Waals surface area contributed by atoms with E-state index >= 15 is 0 Å². The van der Waals surface area contributed by atoms with Crippen LogP contribution in [-0.4, -0.2) is 4.21 Å². The average molecular weight is 342 g/mol. The van der Waals surface area contributed by atoms with Gasteiger partial charge in [-0.25, -0.2) is 4.39 Å². The van der Waals surface area contributed by atoms with E-state index in [0.717, 1.165) is 15.6 Å². The fourth-order valence-electron chi connectivity index (χ4n) is 1.74. The van der Waals surface area contributed by atoms with Crippen LogP contribution in [0.2, 0.25) is 0 Å². The number of anilines is 1. The summed E-state index contributed by atoms with van der Waals surface area (Å²) in [6.07, 6.45) is 0. The highest BCUT2D eigenvalue weighted by Gasteiger charge is 2.11. The molecule has 100 valence electrons. The molecule has 0 saturated heterocycles. The third kappa shape index (κ3) is 3.42. The van der Waals surface area contributed by atoms with Crippen molar-refractivity contribution < 1.29 is 8.60 Å². The topological polar surface area (TPSA) is 43.1 Å². The molecule has 5 heteroatoms. The number of rotatable bonds is 3. The van der Waals surface area contributed by atoms with Crippen LogP contribution in [0.3, 0.4) is 0 Å². The van der Waals surface area contributed by atoms with Crippen LogP contribution in [0.5, 0.6) is 0 Å². The molecule has 0 bridgehead atoms. The molecular weight excluding hydrogens is 329 g/mol. The molecule has 1 unspecified atom stereocenters. The SMILES string of the molecule is Cc1cc(F)ccc1CS(=O)c1ccc(N)cc1Br. The van der Waals surface area contributed by atoms with Crippen LogP contribution in [0.25, 0.3) is 0 Å². The van der Waals surface area contributed by atoms with Crippen LogP contribution in [-0.2, 0) is 16.6 Å². The van der Waals surface area contributed by atoms with Gasteiger partial charge in [-0.2, -0.15) is 0 Å². The minimum atomic E-state index is -1.20. The van der Waals surface area contributed by atoms with Gasteiger partial charge >= 0.3 is 0 Å². The number of benzene rings is 2. The fourth-order valence-corrected chi connectivity index (χ4v) is 3.94. The molecule has 0 amide bonds. The zero-order valence-electron chi connectivity index (χ0n) is 10.3. The lowest BCUT2D eigenvalue weighted by molar-refractivity contribution is 0.626. The molecule has 2 N–H and O–H groups in total. The third-order valence-corrected chi connectivity index (χ3v) is 5.13. The predicted molar refractivity (Wildman–Crippen MR) is 79.8 cm³/mol. The Morgan fingerprint density at radius 3 is 2.63 bits per heavy atom. The van der Waals surface area contributed by atoms with E-state index in [2.05, 4.69) is 15.9 Å². The zero-order chi connectivity index (χ0) is 14.0. The summed E-state index contributed by atoms with van der Waals surface area (Å²) >= 11 is 3.36. The second-order valence-electron chi connectivity index (χ2n) is 4.25. The number of aryl methyl sites for hydroxylation is 1. The highest BCUT2D eigenvalue weighted by Crippen LogP contribution is 2.25. The summed E-state index contributed by atoms with van der Waals surface area (Å²) in [6, 6.07) is 9.70. The summed E-state index contributed by atoms with van der Waals surface area (Å²) in [4.78, 5) is 0.693. The van der Waals surface area contributed by atoms with Crippen LogP contribution >= 0.6 is 15.9 Å². The lowest BCUT2D eigenvalue weighted by Gasteiger charge is -2.08. The first-order valence-electron chi connectivity index (χ1n) is 5.66. The number of nitrogen functional groups attached to an aromatic ring is 1. The van der Waals surface area contributed by atoms with Crippen LogP contribution in [0.15, 0.2) is 45.8 Å². The first-order chi connectivity index (χ1) is 8.97. The zero-order valence-corrected chi connectivity index (χ0v) is 12.7. The van der Waals surface area contributed by atoms with E-state index in [0.29, 0.717) is 16.3 Å². The predicted octanol–water partition coefficient (Wildman–Crippen LogP) is 3.79. The van der Waals surface area contributed by atoms with Gasteiger partial charge in [0.05, 0.1) is 21.4 Å². The molecule has 0 fully saturated rings. The summed E-state index contributed by atoms with van der Waals surface area (Å²) in [5.74, 6) is 0.0787. The number of halogens is 2. The number of nitrogens with two attached hydrogens (primary N) is 1. The van der Waals surface area contributed by atoms with Crippen molar-refractivity contribution in [3.63, 3.8) is 0 Å². The van der Waals surface area contributed by atoms with Gasteiger partial charge in [-0.05, 0) is 64.3 Å². The van der Waals surface area contributed by atoms with Crippen molar-refractivity contribution in [2.45, 2.75) is 17.6 Å². The molecular formula is C14H13BrFNOS. The summed E-state index contributed by atoms with van der Waals surface area (Å²) in [5.41, 5.74) is 7.95. The molecule has 0 aliphatic carbocycles. The summed E-state index contributed by atoms with van der Waals surface area (Å²) < 4.78 is 26.1. The van der Waals surface area contributed by atoms with Crippen LogP contribution in [0.4, 0.5) is 10.1 Å². The first-order valence-corrected chi connectivity index (χ1v) is 7.77. The van der Waals surface area contributed by atoms with E-state index in [1.165, 1.54) is 12.1 Å². The van der Waals surface area contributed by atoms with Gasteiger partial charge in [-0.1, -0.05) is 6.07 Å². The van der Waals surface area contributed by atoms with Gasteiger partial charge in [-0.15, -0.1) is 0 Å². The van der Waals surface area contributed by atoms with E-state index in [4.69, 9.17) is 5.73 Å². The Bertz CT molecular complexity index is 645. The monoisotopic (exact) mass is 341 g/mol. The largest absolute Gasteiger partial charge is 0.399 e. The van der Waals surface area contributed by atoms with E-state index < -0.39 is 10.8 Å². The molecule has 0 spiro atoms. The maximum absolute atomic E-state index is 13.0. The number of hydrogen-bond acceptors (Lipinski definition) is 2. The molecule has 2 nitrogen and oxygen atoms in total. The Hall–Kier alpha value is -1.20. The van der Waals surface area contributed by atoms with Crippen LogP contribution in [0, 0.1) is 12.7 Å². The average Bonchev–Trinajstić information content (AvgIpc) is 2.32. The molecule has 0 aromatic heterocycles. The van der Waals surface area contributed by atoms with Gasteiger partial charge in [0.25, 0.3) is 0 Å². The molecule has 0 radical (unpaired) electrons. The quantitative estimate of drug-likeness (QED) is 0.863. The second kappa shape index (κ2) is 5.84. The molecule has 19 heavy (non-hydrogen) atoms. The Morgan fingerprint density at radius 2 is 2.00 bits per heavy atom. The number of hydrogen-bond donors (Lipinski definition) is 1. The summed E-state index contributed by atoms with van der Waals surface area (Å²) in [7, 11) is -1.20. The maximum atomic E-state index is 13.0. The van der Waals surface area contributed by atoms with Crippen molar-refractivity contribution in [1.82, 2.24) is 0 Å². The minimum Gasteiger partial charge on any atom is -0.399 e. The first kappa shape index (κ1) is 14.2. The van der Waals surface area contributed by atoms with Crippen LogP contribution < -0.4 is 5.73 Å². The van der Waals surface area contributed by atoms with E-state index in [1.807, 2.05) is 6.92 Å². The molecule has 2 aromatic carbocycles.